The van der Waals surface area contributed by atoms with Crippen molar-refractivity contribution in [2.45, 2.75) is 6.92 Å². The summed E-state index contributed by atoms with van der Waals surface area (Å²) in [7, 11) is 1.31. The number of carbonyl (C=O) groups is 3. The second-order valence-electron chi connectivity index (χ2n) is 5.53. The van der Waals surface area contributed by atoms with Gasteiger partial charge in [-0.1, -0.05) is 30.3 Å². The number of rotatable bonds is 7. The maximum atomic E-state index is 12.3. The van der Waals surface area contributed by atoms with E-state index in [0.29, 0.717) is 17.7 Å². The Hall–Kier alpha value is -3.41. The normalized spacial score (nSPS) is 10.4. The molecule has 2 rings (SSSR count). The van der Waals surface area contributed by atoms with Gasteiger partial charge in [-0.15, -0.1) is 0 Å². The zero-order chi connectivity index (χ0) is 19.6. The number of amides is 1. The topological polar surface area (TPSA) is 72.9 Å². The van der Waals surface area contributed by atoms with Crippen LogP contribution in [0.25, 0.3) is 6.08 Å². The molecule has 2 aromatic carbocycles. The van der Waals surface area contributed by atoms with Crippen LogP contribution in [0.4, 0.5) is 5.69 Å². The average molecular weight is 367 g/mol. The van der Waals surface area contributed by atoms with Gasteiger partial charge in [0, 0.05) is 18.3 Å². The molecule has 1 amide bonds. The summed E-state index contributed by atoms with van der Waals surface area (Å²) in [6, 6.07) is 15.7. The molecule has 0 bridgehead atoms. The molecule has 0 aliphatic carbocycles. The van der Waals surface area contributed by atoms with E-state index < -0.39 is 11.9 Å². The molecule has 0 aliphatic heterocycles. The predicted molar refractivity (Wildman–Crippen MR) is 102 cm³/mol. The van der Waals surface area contributed by atoms with E-state index in [1.54, 1.807) is 35.2 Å². The summed E-state index contributed by atoms with van der Waals surface area (Å²) in [4.78, 5) is 37.0. The van der Waals surface area contributed by atoms with Gasteiger partial charge < -0.3 is 14.4 Å². The molecule has 0 atom stereocenters. The lowest BCUT2D eigenvalue weighted by Crippen LogP contribution is -2.34. The second-order valence-corrected chi connectivity index (χ2v) is 5.53. The number of hydrogen-bond donors (Lipinski definition) is 0. The molecular formula is C21H21NO5. The molecule has 6 nitrogen and oxygen atoms in total. The third-order valence-electron chi connectivity index (χ3n) is 3.77. The fourth-order valence-corrected chi connectivity index (χ4v) is 2.38. The number of nitrogens with zero attached hydrogens (tertiary/aromatic N) is 1. The van der Waals surface area contributed by atoms with E-state index in [9.17, 15) is 14.4 Å². The minimum Gasteiger partial charge on any atom is -0.465 e. The highest BCUT2D eigenvalue weighted by molar-refractivity contribution is 5.96. The largest absolute Gasteiger partial charge is 0.465 e. The van der Waals surface area contributed by atoms with Crippen LogP contribution in [-0.2, 0) is 19.1 Å². The van der Waals surface area contributed by atoms with Crippen molar-refractivity contribution in [3.05, 3.63) is 71.8 Å². The van der Waals surface area contributed by atoms with Crippen LogP contribution in [0, 0.1) is 0 Å². The number of methoxy groups -OCH3 is 1. The Morgan fingerprint density at radius 2 is 1.67 bits per heavy atom. The van der Waals surface area contributed by atoms with Gasteiger partial charge >= 0.3 is 11.9 Å². The summed E-state index contributed by atoms with van der Waals surface area (Å²) < 4.78 is 9.64. The average Bonchev–Trinajstić information content (AvgIpc) is 2.71. The van der Waals surface area contributed by atoms with Crippen LogP contribution in [0.2, 0.25) is 0 Å². The zero-order valence-electron chi connectivity index (χ0n) is 15.3. The standard InChI is InChI=1S/C21H21NO5/c1-3-22(18-7-5-4-6-8-18)19(23)15-27-20(24)14-11-16-9-12-17(13-10-16)21(25)26-2/h4-14H,3,15H2,1-2H3/b14-11+. The maximum Gasteiger partial charge on any atom is 0.337 e. The van der Waals surface area contributed by atoms with E-state index in [4.69, 9.17) is 4.74 Å². The Balaban J connectivity index is 1.88. The van der Waals surface area contributed by atoms with Gasteiger partial charge in [-0.3, -0.25) is 4.79 Å². The van der Waals surface area contributed by atoms with Gasteiger partial charge in [0.05, 0.1) is 12.7 Å². The lowest BCUT2D eigenvalue weighted by molar-refractivity contribution is -0.142. The summed E-state index contributed by atoms with van der Waals surface area (Å²) in [5.41, 5.74) is 1.89. The Morgan fingerprint density at radius 1 is 1.00 bits per heavy atom. The number of anilines is 1. The number of carbonyl (C=O) groups excluding carboxylic acids is 3. The third kappa shape index (κ3) is 5.81. The van der Waals surface area contributed by atoms with Gasteiger partial charge in [0.15, 0.2) is 6.61 Å². The molecule has 0 heterocycles. The summed E-state index contributed by atoms with van der Waals surface area (Å²) in [6.45, 7) is 1.99. The quantitative estimate of drug-likeness (QED) is 0.555. The first-order chi connectivity index (χ1) is 13.0. The molecule has 140 valence electrons. The Bertz CT molecular complexity index is 812. The van der Waals surface area contributed by atoms with Crippen molar-refractivity contribution in [1.82, 2.24) is 0 Å². The van der Waals surface area contributed by atoms with Crippen LogP contribution in [0.3, 0.4) is 0 Å². The maximum absolute atomic E-state index is 12.3. The second kappa shape index (κ2) is 9.91. The van der Waals surface area contributed by atoms with Crippen molar-refractivity contribution < 1.29 is 23.9 Å². The lowest BCUT2D eigenvalue weighted by atomic mass is 10.1. The summed E-state index contributed by atoms with van der Waals surface area (Å²) in [5.74, 6) is -1.35. The molecule has 0 N–H and O–H groups in total. The van der Waals surface area contributed by atoms with Crippen LogP contribution in [0.5, 0.6) is 0 Å². The molecule has 6 heteroatoms. The van der Waals surface area contributed by atoms with Crippen molar-refractivity contribution in [2.75, 3.05) is 25.2 Å². The zero-order valence-corrected chi connectivity index (χ0v) is 15.3. The molecule has 0 aromatic heterocycles. The van der Waals surface area contributed by atoms with Crippen LogP contribution < -0.4 is 4.90 Å². The SMILES string of the molecule is CCN(C(=O)COC(=O)/C=C/c1ccc(C(=O)OC)cc1)c1ccccc1. The predicted octanol–water partition coefficient (Wildman–Crippen LogP) is 3.08. The van der Waals surface area contributed by atoms with Crippen molar-refractivity contribution in [3.63, 3.8) is 0 Å². The summed E-state index contributed by atoms with van der Waals surface area (Å²) in [6.07, 6.45) is 2.78. The summed E-state index contributed by atoms with van der Waals surface area (Å²) >= 11 is 0. The minimum atomic E-state index is -0.621. The van der Waals surface area contributed by atoms with Gasteiger partial charge in [-0.05, 0) is 42.8 Å². The minimum absolute atomic E-state index is 0.298. The van der Waals surface area contributed by atoms with Crippen LogP contribution in [0.1, 0.15) is 22.8 Å². The lowest BCUT2D eigenvalue weighted by Gasteiger charge is -2.20. The summed E-state index contributed by atoms with van der Waals surface area (Å²) in [5, 5.41) is 0. The van der Waals surface area contributed by atoms with Crippen LogP contribution in [-0.4, -0.2) is 38.1 Å². The van der Waals surface area contributed by atoms with Crippen molar-refractivity contribution in [2.24, 2.45) is 0 Å². The molecular weight excluding hydrogens is 346 g/mol. The van der Waals surface area contributed by atoms with E-state index in [1.165, 1.54) is 13.2 Å². The number of benzene rings is 2. The first kappa shape index (κ1) is 19.9. The van der Waals surface area contributed by atoms with Gasteiger partial charge in [0.1, 0.15) is 0 Å². The van der Waals surface area contributed by atoms with E-state index in [2.05, 4.69) is 4.74 Å². The number of ether oxygens (including phenoxy) is 2. The van der Waals surface area contributed by atoms with Crippen molar-refractivity contribution in [3.8, 4) is 0 Å². The molecule has 0 saturated carbocycles. The highest BCUT2D eigenvalue weighted by Crippen LogP contribution is 2.13. The monoisotopic (exact) mass is 367 g/mol. The first-order valence-corrected chi connectivity index (χ1v) is 8.43. The van der Waals surface area contributed by atoms with Gasteiger partial charge in [-0.25, -0.2) is 9.59 Å². The molecule has 0 fully saturated rings. The first-order valence-electron chi connectivity index (χ1n) is 8.43. The Labute approximate surface area is 158 Å². The van der Waals surface area contributed by atoms with Crippen molar-refractivity contribution in [1.29, 1.82) is 0 Å². The Kier molecular flexibility index (Phi) is 7.31. The fraction of sp³-hybridized carbons (Fsp3) is 0.190. The third-order valence-corrected chi connectivity index (χ3v) is 3.77. The number of esters is 2. The molecule has 0 radical (unpaired) electrons. The fourth-order valence-electron chi connectivity index (χ4n) is 2.38. The molecule has 27 heavy (non-hydrogen) atoms. The van der Waals surface area contributed by atoms with Gasteiger partial charge in [0.2, 0.25) is 0 Å². The molecule has 0 unspecified atom stereocenters. The van der Waals surface area contributed by atoms with E-state index in [-0.39, 0.29) is 12.5 Å². The molecule has 2 aromatic rings. The smallest absolute Gasteiger partial charge is 0.337 e. The molecule has 0 saturated heterocycles. The van der Waals surface area contributed by atoms with Crippen molar-refractivity contribution >= 4 is 29.6 Å². The number of hydrogen-bond acceptors (Lipinski definition) is 5. The van der Waals surface area contributed by atoms with E-state index >= 15 is 0 Å². The van der Waals surface area contributed by atoms with Crippen LogP contribution in [0.15, 0.2) is 60.7 Å². The highest BCUT2D eigenvalue weighted by Gasteiger charge is 2.15. The van der Waals surface area contributed by atoms with E-state index in [1.807, 2.05) is 37.3 Å². The van der Waals surface area contributed by atoms with Crippen LogP contribution >= 0.6 is 0 Å². The molecule has 0 aliphatic rings. The number of likely N-dealkylation sites (N-methyl/N-ethyl adjacent to an activating group) is 1. The van der Waals surface area contributed by atoms with E-state index in [0.717, 1.165) is 5.69 Å². The van der Waals surface area contributed by atoms with Gasteiger partial charge in [0.25, 0.3) is 5.91 Å². The van der Waals surface area contributed by atoms with Gasteiger partial charge in [-0.2, -0.15) is 0 Å². The Morgan fingerprint density at radius 3 is 2.26 bits per heavy atom. The highest BCUT2D eigenvalue weighted by atomic mass is 16.5. The molecule has 0 spiro atoms. The number of para-hydroxylation sites is 1.